The van der Waals surface area contributed by atoms with Crippen LogP contribution in [0.3, 0.4) is 0 Å². The van der Waals surface area contributed by atoms with E-state index in [1.54, 1.807) is 11.6 Å². The third-order valence-electron chi connectivity index (χ3n) is 4.62. The van der Waals surface area contributed by atoms with E-state index in [2.05, 4.69) is 25.8 Å². The number of nitrogens with one attached hydrogen (secondary N) is 2. The molecule has 0 fully saturated rings. The van der Waals surface area contributed by atoms with Crippen LogP contribution in [0.1, 0.15) is 43.0 Å². The normalized spacial score (nSPS) is 11.9. The highest BCUT2D eigenvalue weighted by Gasteiger charge is 2.26. The van der Waals surface area contributed by atoms with Gasteiger partial charge in [-0.2, -0.15) is 0 Å². The van der Waals surface area contributed by atoms with Crippen molar-refractivity contribution < 1.29 is 14.5 Å². The van der Waals surface area contributed by atoms with E-state index >= 15 is 0 Å². The Labute approximate surface area is 198 Å². The van der Waals surface area contributed by atoms with Crippen LogP contribution in [0.2, 0.25) is 0 Å². The van der Waals surface area contributed by atoms with Gasteiger partial charge in [0.05, 0.1) is 16.7 Å². The number of aromatic nitrogens is 4. The van der Waals surface area contributed by atoms with E-state index in [1.165, 1.54) is 47.4 Å². The number of nitrogens with zero attached hydrogens (tertiary/aromatic N) is 5. The average molecular weight is 490 g/mol. The van der Waals surface area contributed by atoms with Gasteiger partial charge in [-0.15, -0.1) is 21.5 Å². The number of thiazole rings is 1. The van der Waals surface area contributed by atoms with Crippen molar-refractivity contribution >= 4 is 45.7 Å². The summed E-state index contributed by atoms with van der Waals surface area (Å²) in [5.74, 6) is -0.00618. The molecular weight excluding hydrogens is 466 g/mol. The average Bonchev–Trinajstić information content (AvgIpc) is 3.45. The predicted molar refractivity (Wildman–Crippen MR) is 125 cm³/mol. The lowest BCUT2D eigenvalue weighted by Crippen LogP contribution is -2.33. The second-order valence-electron chi connectivity index (χ2n) is 7.26. The smallest absolute Gasteiger partial charge is 0.270 e. The van der Waals surface area contributed by atoms with E-state index in [0.29, 0.717) is 22.7 Å². The molecule has 11 nitrogen and oxygen atoms in total. The molecule has 174 valence electrons. The van der Waals surface area contributed by atoms with Gasteiger partial charge in [0.1, 0.15) is 0 Å². The van der Waals surface area contributed by atoms with Crippen LogP contribution >= 0.6 is 23.1 Å². The molecule has 3 rings (SSSR count). The van der Waals surface area contributed by atoms with Crippen LogP contribution in [-0.4, -0.2) is 42.2 Å². The molecule has 1 aromatic carbocycles. The van der Waals surface area contributed by atoms with Crippen LogP contribution in [0.4, 0.5) is 10.8 Å². The van der Waals surface area contributed by atoms with Crippen LogP contribution in [0.5, 0.6) is 0 Å². The van der Waals surface area contributed by atoms with Crippen molar-refractivity contribution in [2.24, 2.45) is 5.92 Å². The molecule has 0 saturated carbocycles. The second-order valence-corrected chi connectivity index (χ2v) is 9.10. The van der Waals surface area contributed by atoms with E-state index < -0.39 is 16.9 Å². The summed E-state index contributed by atoms with van der Waals surface area (Å²) in [5, 5.41) is 28.0. The number of non-ortho nitro benzene ring substituents is 1. The molecule has 0 spiro atoms. The minimum absolute atomic E-state index is 0.0341. The van der Waals surface area contributed by atoms with Crippen molar-refractivity contribution in [2.45, 2.75) is 38.5 Å². The standard InChI is InChI=1S/C20H23N7O4S2/c1-4-26-17(24-25-20(26)33-11-15(28)22-19-21-8-9-32-19)16(12(2)3)23-18(29)13-6-5-7-14(10-13)27(30)31/h5-10,12,16H,4,11H2,1-3H3,(H,23,29)(H,21,22,28)/t16-/m0/s1. The van der Waals surface area contributed by atoms with Crippen molar-refractivity contribution in [3.05, 3.63) is 57.3 Å². The van der Waals surface area contributed by atoms with Crippen LogP contribution in [0, 0.1) is 16.0 Å². The minimum atomic E-state index is -0.543. The lowest BCUT2D eigenvalue weighted by atomic mass is 10.0. The van der Waals surface area contributed by atoms with Crippen molar-refractivity contribution in [3.8, 4) is 0 Å². The van der Waals surface area contributed by atoms with Gasteiger partial charge >= 0.3 is 0 Å². The van der Waals surface area contributed by atoms with Gasteiger partial charge in [0.15, 0.2) is 16.1 Å². The van der Waals surface area contributed by atoms with E-state index in [4.69, 9.17) is 0 Å². The van der Waals surface area contributed by atoms with Gasteiger partial charge in [-0.3, -0.25) is 19.7 Å². The summed E-state index contributed by atoms with van der Waals surface area (Å²) < 4.78 is 1.85. The number of amides is 2. The topological polar surface area (TPSA) is 145 Å². The Morgan fingerprint density at radius 3 is 2.73 bits per heavy atom. The maximum absolute atomic E-state index is 12.8. The molecule has 0 aliphatic heterocycles. The zero-order valence-corrected chi connectivity index (χ0v) is 19.9. The van der Waals surface area contributed by atoms with Gasteiger partial charge in [-0.1, -0.05) is 31.7 Å². The van der Waals surface area contributed by atoms with Crippen molar-refractivity contribution in [1.29, 1.82) is 0 Å². The van der Waals surface area contributed by atoms with Gasteiger partial charge in [-0.25, -0.2) is 4.98 Å². The van der Waals surface area contributed by atoms with Gasteiger partial charge < -0.3 is 15.2 Å². The fraction of sp³-hybridized carbons (Fsp3) is 0.350. The molecule has 0 unspecified atom stereocenters. The predicted octanol–water partition coefficient (Wildman–Crippen LogP) is 3.52. The molecule has 13 heteroatoms. The van der Waals surface area contributed by atoms with E-state index in [-0.39, 0.29) is 28.8 Å². The highest BCUT2D eigenvalue weighted by atomic mass is 32.2. The number of hydrogen-bond donors (Lipinski definition) is 2. The van der Waals surface area contributed by atoms with Gasteiger partial charge in [0.25, 0.3) is 11.6 Å². The first-order valence-corrected chi connectivity index (χ1v) is 12.0. The Bertz CT molecular complexity index is 1130. The molecular formula is C20H23N7O4S2. The van der Waals surface area contributed by atoms with Crippen LogP contribution < -0.4 is 10.6 Å². The number of benzene rings is 1. The molecule has 3 aromatic rings. The summed E-state index contributed by atoms with van der Waals surface area (Å²) in [6.45, 7) is 6.32. The Hall–Kier alpha value is -3.32. The van der Waals surface area contributed by atoms with Gasteiger partial charge in [0, 0.05) is 35.8 Å². The fourth-order valence-corrected chi connectivity index (χ4v) is 4.37. The summed E-state index contributed by atoms with van der Waals surface area (Å²) in [7, 11) is 0. The summed E-state index contributed by atoms with van der Waals surface area (Å²) in [6, 6.07) is 5.07. The minimum Gasteiger partial charge on any atom is -0.342 e. The largest absolute Gasteiger partial charge is 0.342 e. The number of carbonyl (C=O) groups is 2. The molecule has 2 amide bonds. The Morgan fingerprint density at radius 2 is 2.09 bits per heavy atom. The van der Waals surface area contributed by atoms with E-state index in [1.807, 2.05) is 25.3 Å². The number of nitro groups is 1. The highest BCUT2D eigenvalue weighted by Crippen LogP contribution is 2.26. The highest BCUT2D eigenvalue weighted by molar-refractivity contribution is 7.99. The lowest BCUT2D eigenvalue weighted by molar-refractivity contribution is -0.384. The molecule has 2 heterocycles. The number of hydrogen-bond acceptors (Lipinski definition) is 9. The number of carbonyl (C=O) groups excluding carboxylic acids is 2. The molecule has 0 bridgehead atoms. The molecule has 1 atom stereocenters. The zero-order valence-electron chi connectivity index (χ0n) is 18.2. The number of nitro benzene ring substituents is 1. The second kappa shape index (κ2) is 11.0. The summed E-state index contributed by atoms with van der Waals surface area (Å²) in [5.41, 5.74) is 0.0288. The fourth-order valence-electron chi connectivity index (χ4n) is 3.02. The molecule has 2 N–H and O–H groups in total. The number of rotatable bonds is 10. The molecule has 2 aromatic heterocycles. The quantitative estimate of drug-likeness (QED) is 0.250. The monoisotopic (exact) mass is 489 g/mol. The zero-order chi connectivity index (χ0) is 24.0. The van der Waals surface area contributed by atoms with Crippen molar-refractivity contribution in [3.63, 3.8) is 0 Å². The molecule has 0 aliphatic carbocycles. The first-order chi connectivity index (χ1) is 15.8. The van der Waals surface area contributed by atoms with Crippen LogP contribution in [0.15, 0.2) is 41.0 Å². The SMILES string of the molecule is CCn1c(SCC(=O)Nc2nccs2)nnc1[C@@H](NC(=O)c1cccc([N+](=O)[O-])c1)C(C)C. The van der Waals surface area contributed by atoms with Crippen LogP contribution in [-0.2, 0) is 11.3 Å². The molecule has 0 saturated heterocycles. The van der Waals surface area contributed by atoms with Crippen molar-refractivity contribution in [2.75, 3.05) is 11.1 Å². The Kier molecular flexibility index (Phi) is 8.11. The molecule has 33 heavy (non-hydrogen) atoms. The van der Waals surface area contributed by atoms with Crippen molar-refractivity contribution in [1.82, 2.24) is 25.1 Å². The molecule has 0 aliphatic rings. The maximum atomic E-state index is 12.8. The van der Waals surface area contributed by atoms with Crippen LogP contribution in [0.25, 0.3) is 0 Å². The number of anilines is 1. The van der Waals surface area contributed by atoms with Gasteiger partial charge in [-0.05, 0) is 18.9 Å². The first-order valence-electron chi connectivity index (χ1n) is 10.1. The number of thioether (sulfide) groups is 1. The molecule has 0 radical (unpaired) electrons. The third-order valence-corrected chi connectivity index (χ3v) is 6.28. The first kappa shape index (κ1) is 24.3. The van der Waals surface area contributed by atoms with E-state index in [9.17, 15) is 19.7 Å². The Morgan fingerprint density at radius 1 is 1.30 bits per heavy atom. The van der Waals surface area contributed by atoms with E-state index in [0.717, 1.165) is 0 Å². The maximum Gasteiger partial charge on any atom is 0.270 e. The third kappa shape index (κ3) is 6.14. The Balaban J connectivity index is 1.74. The summed E-state index contributed by atoms with van der Waals surface area (Å²) >= 11 is 2.57. The van der Waals surface area contributed by atoms with Gasteiger partial charge in [0.2, 0.25) is 5.91 Å². The summed E-state index contributed by atoms with van der Waals surface area (Å²) in [6.07, 6.45) is 1.61. The summed E-state index contributed by atoms with van der Waals surface area (Å²) in [4.78, 5) is 39.5. The lowest BCUT2D eigenvalue weighted by Gasteiger charge is -2.22.